The van der Waals surface area contributed by atoms with Crippen molar-refractivity contribution in [2.24, 2.45) is 0 Å². The summed E-state index contributed by atoms with van der Waals surface area (Å²) in [7, 11) is 1.94. The molecule has 0 amide bonds. The summed E-state index contributed by atoms with van der Waals surface area (Å²) in [5.41, 5.74) is 0.790. The molecule has 0 spiro atoms. The maximum Gasteiger partial charge on any atom is 0.287 e. The molecule has 1 rings (SSSR count). The van der Waals surface area contributed by atoms with Gasteiger partial charge in [0.15, 0.2) is 0 Å². The van der Waals surface area contributed by atoms with Gasteiger partial charge < -0.3 is 4.90 Å². The first kappa shape index (κ1) is 15.3. The van der Waals surface area contributed by atoms with E-state index in [1.54, 1.807) is 23.9 Å². The second-order valence-electron chi connectivity index (χ2n) is 4.31. The van der Waals surface area contributed by atoms with Gasteiger partial charge in [-0.3, -0.25) is 10.1 Å². The third kappa shape index (κ3) is 3.86. The molecule has 0 aliphatic heterocycles. The Balaban J connectivity index is 2.96. The molecule has 0 heterocycles. The van der Waals surface area contributed by atoms with Crippen molar-refractivity contribution in [1.29, 1.82) is 5.26 Å². The first-order chi connectivity index (χ1) is 9.01. The highest BCUT2D eigenvalue weighted by molar-refractivity contribution is 7.98. The second kappa shape index (κ2) is 7.00. The molecule has 0 saturated heterocycles. The van der Waals surface area contributed by atoms with Crippen LogP contribution in [0.2, 0.25) is 0 Å². The molecular formula is C13H17N3O2S. The normalized spacial score (nSPS) is 11.7. The Kier molecular flexibility index (Phi) is 5.64. The lowest BCUT2D eigenvalue weighted by Crippen LogP contribution is -2.29. The van der Waals surface area contributed by atoms with Crippen molar-refractivity contribution < 1.29 is 4.92 Å². The van der Waals surface area contributed by atoms with Gasteiger partial charge in [0.25, 0.3) is 5.69 Å². The molecule has 0 bridgehead atoms. The minimum atomic E-state index is -0.528. The molecule has 0 aromatic heterocycles. The Morgan fingerprint density at radius 1 is 1.58 bits per heavy atom. The molecule has 0 aliphatic carbocycles. The Labute approximate surface area is 117 Å². The van der Waals surface area contributed by atoms with Crippen molar-refractivity contribution in [3.8, 4) is 6.07 Å². The van der Waals surface area contributed by atoms with E-state index in [0.29, 0.717) is 6.04 Å². The van der Waals surface area contributed by atoms with Crippen molar-refractivity contribution in [3.63, 3.8) is 0 Å². The number of benzene rings is 1. The molecule has 6 heteroatoms. The predicted octanol–water partition coefficient (Wildman–Crippen LogP) is 3.04. The van der Waals surface area contributed by atoms with Gasteiger partial charge in [-0.25, -0.2) is 0 Å². The molecule has 1 unspecified atom stereocenters. The molecule has 5 nitrogen and oxygen atoms in total. The van der Waals surface area contributed by atoms with Crippen LogP contribution in [0.3, 0.4) is 0 Å². The van der Waals surface area contributed by atoms with Gasteiger partial charge >= 0.3 is 0 Å². The van der Waals surface area contributed by atoms with E-state index in [-0.39, 0.29) is 11.3 Å². The Hall–Kier alpha value is -1.74. The Morgan fingerprint density at radius 3 is 2.79 bits per heavy atom. The van der Waals surface area contributed by atoms with Crippen LogP contribution in [0, 0.1) is 21.4 Å². The van der Waals surface area contributed by atoms with E-state index < -0.39 is 4.92 Å². The summed E-state index contributed by atoms with van der Waals surface area (Å²) < 4.78 is 0. The highest BCUT2D eigenvalue weighted by atomic mass is 32.2. The fraction of sp³-hybridized carbons (Fsp3) is 0.462. The van der Waals surface area contributed by atoms with Crippen LogP contribution in [0.5, 0.6) is 0 Å². The monoisotopic (exact) mass is 279 g/mol. The summed E-state index contributed by atoms with van der Waals surface area (Å²) in [5, 5.41) is 19.8. The smallest absolute Gasteiger partial charge is 0.287 e. The average molecular weight is 279 g/mol. The molecule has 0 aliphatic rings. The molecule has 0 saturated carbocycles. The lowest BCUT2D eigenvalue weighted by molar-refractivity contribution is -0.385. The largest absolute Gasteiger partial charge is 0.372 e. The highest BCUT2D eigenvalue weighted by Gasteiger charge is 2.17. The zero-order chi connectivity index (χ0) is 14.4. The lowest BCUT2D eigenvalue weighted by atomic mass is 10.1. The van der Waals surface area contributed by atoms with Gasteiger partial charge in [0.2, 0.25) is 0 Å². The molecule has 0 radical (unpaired) electrons. The molecule has 0 N–H and O–H groups in total. The second-order valence-corrected chi connectivity index (χ2v) is 5.30. The van der Waals surface area contributed by atoms with Crippen LogP contribution in [0.1, 0.15) is 18.9 Å². The number of nitriles is 1. The fourth-order valence-electron chi connectivity index (χ4n) is 1.73. The minimum Gasteiger partial charge on any atom is -0.372 e. The number of nitro groups is 1. The van der Waals surface area contributed by atoms with Crippen LogP contribution in [0.15, 0.2) is 18.2 Å². The van der Waals surface area contributed by atoms with Crippen molar-refractivity contribution in [1.82, 2.24) is 0 Å². The van der Waals surface area contributed by atoms with Crippen LogP contribution in [-0.2, 0) is 0 Å². The molecule has 102 valence electrons. The summed E-state index contributed by atoms with van der Waals surface area (Å²) >= 11 is 1.79. The van der Waals surface area contributed by atoms with Crippen molar-refractivity contribution in [2.75, 3.05) is 24.0 Å². The van der Waals surface area contributed by atoms with Crippen LogP contribution < -0.4 is 4.90 Å². The van der Waals surface area contributed by atoms with E-state index in [0.717, 1.165) is 17.9 Å². The highest BCUT2D eigenvalue weighted by Crippen LogP contribution is 2.25. The van der Waals surface area contributed by atoms with E-state index >= 15 is 0 Å². The number of nitro benzene ring substituents is 1. The van der Waals surface area contributed by atoms with Gasteiger partial charge in [0, 0.05) is 24.8 Å². The van der Waals surface area contributed by atoms with Crippen LogP contribution in [0.25, 0.3) is 0 Å². The first-order valence-electron chi connectivity index (χ1n) is 5.91. The van der Waals surface area contributed by atoms with Crippen LogP contribution >= 0.6 is 11.8 Å². The third-order valence-electron chi connectivity index (χ3n) is 3.11. The molecule has 19 heavy (non-hydrogen) atoms. The summed E-state index contributed by atoms with van der Waals surface area (Å²) in [4.78, 5) is 12.3. The fourth-order valence-corrected chi connectivity index (χ4v) is 2.31. The summed E-state index contributed by atoms with van der Waals surface area (Å²) in [6, 6.07) is 6.86. The molecule has 0 fully saturated rings. The summed E-state index contributed by atoms with van der Waals surface area (Å²) in [6.45, 7) is 2.10. The zero-order valence-electron chi connectivity index (χ0n) is 11.3. The Morgan fingerprint density at radius 2 is 2.26 bits per heavy atom. The summed E-state index contributed by atoms with van der Waals surface area (Å²) in [5.74, 6) is 1.06. The SMILES string of the molecule is CSCCC(C)N(C)c1ccc([N+](=O)[O-])c(C#N)c1. The van der Waals surface area contributed by atoms with Gasteiger partial charge in [-0.2, -0.15) is 17.0 Å². The standard InChI is InChI=1S/C13H17N3O2S/c1-10(6-7-19-3)15(2)12-4-5-13(16(17)18)11(8-12)9-14/h4-5,8,10H,6-7H2,1-3H3. The lowest BCUT2D eigenvalue weighted by Gasteiger charge is -2.27. The van der Waals surface area contributed by atoms with Crippen molar-refractivity contribution >= 4 is 23.1 Å². The molecule has 1 atom stereocenters. The average Bonchev–Trinajstić information content (AvgIpc) is 2.42. The number of nitrogens with zero attached hydrogens (tertiary/aromatic N) is 3. The quantitative estimate of drug-likeness (QED) is 0.591. The number of hydrogen-bond acceptors (Lipinski definition) is 5. The number of hydrogen-bond donors (Lipinski definition) is 0. The van der Waals surface area contributed by atoms with Gasteiger partial charge in [0.05, 0.1) is 4.92 Å². The number of rotatable bonds is 6. The minimum absolute atomic E-state index is 0.103. The maximum atomic E-state index is 10.8. The predicted molar refractivity (Wildman–Crippen MR) is 78.7 cm³/mol. The van der Waals surface area contributed by atoms with Crippen molar-refractivity contribution in [3.05, 3.63) is 33.9 Å². The van der Waals surface area contributed by atoms with E-state index in [2.05, 4.69) is 13.2 Å². The molecule has 1 aromatic rings. The van der Waals surface area contributed by atoms with Crippen molar-refractivity contribution in [2.45, 2.75) is 19.4 Å². The third-order valence-corrected chi connectivity index (χ3v) is 3.75. The topological polar surface area (TPSA) is 70.2 Å². The van der Waals surface area contributed by atoms with Crippen LogP contribution in [0.4, 0.5) is 11.4 Å². The zero-order valence-corrected chi connectivity index (χ0v) is 12.1. The molecule has 1 aromatic carbocycles. The van der Waals surface area contributed by atoms with E-state index in [1.165, 1.54) is 6.07 Å². The Bertz CT molecular complexity index is 499. The van der Waals surface area contributed by atoms with Gasteiger partial charge in [-0.15, -0.1) is 0 Å². The summed E-state index contributed by atoms with van der Waals surface area (Å²) in [6.07, 6.45) is 3.09. The first-order valence-corrected chi connectivity index (χ1v) is 7.31. The van der Waals surface area contributed by atoms with Gasteiger partial charge in [-0.1, -0.05) is 0 Å². The van der Waals surface area contributed by atoms with E-state index in [1.807, 2.05) is 18.0 Å². The van der Waals surface area contributed by atoms with Gasteiger partial charge in [0.1, 0.15) is 11.6 Å². The van der Waals surface area contributed by atoms with E-state index in [9.17, 15) is 10.1 Å². The molecular weight excluding hydrogens is 262 g/mol. The van der Waals surface area contributed by atoms with Crippen LogP contribution in [-0.4, -0.2) is 30.0 Å². The number of anilines is 1. The van der Waals surface area contributed by atoms with Gasteiger partial charge in [-0.05, 0) is 37.5 Å². The van der Waals surface area contributed by atoms with E-state index in [4.69, 9.17) is 5.26 Å². The number of thioether (sulfide) groups is 1. The maximum absolute atomic E-state index is 10.8.